The van der Waals surface area contributed by atoms with Gasteiger partial charge in [0, 0.05) is 12.0 Å². The maximum atomic E-state index is 10.0. The average molecular weight is 212 g/mol. The molecule has 0 atom stereocenters. The van der Waals surface area contributed by atoms with Gasteiger partial charge in [-0.3, -0.25) is 0 Å². The summed E-state index contributed by atoms with van der Waals surface area (Å²) in [5, 5.41) is 0. The smallest absolute Gasteiger partial charge is 0.147 e. The summed E-state index contributed by atoms with van der Waals surface area (Å²) in [5.74, 6) is 0.243. The van der Waals surface area contributed by atoms with Crippen molar-refractivity contribution in [2.24, 2.45) is 0 Å². The predicted octanol–water partition coefficient (Wildman–Crippen LogP) is 2.38. The topological polar surface area (TPSA) is 34.1 Å². The van der Waals surface area contributed by atoms with Gasteiger partial charge in [0.1, 0.15) is 9.84 Å². The first-order valence-electron chi connectivity index (χ1n) is 4.34. The zero-order valence-electron chi connectivity index (χ0n) is 8.60. The molecule has 1 aromatic carbocycles. The van der Waals surface area contributed by atoms with Crippen LogP contribution in [0.5, 0.6) is 0 Å². The first kappa shape index (κ1) is 12.9. The minimum Gasteiger partial charge on any atom is -0.229 e. The van der Waals surface area contributed by atoms with Crippen molar-refractivity contribution in [2.45, 2.75) is 6.92 Å². The molecule has 0 radical (unpaired) electrons. The third kappa shape index (κ3) is 7.55. The van der Waals surface area contributed by atoms with Crippen molar-refractivity contribution in [1.82, 2.24) is 0 Å². The lowest BCUT2D eigenvalue weighted by molar-refractivity contribution is 0.603. The third-order valence-electron chi connectivity index (χ3n) is 1.56. The summed E-state index contributed by atoms with van der Waals surface area (Å²) in [4.78, 5) is 0. The van der Waals surface area contributed by atoms with E-state index in [2.05, 4.69) is 6.58 Å². The molecule has 2 nitrogen and oxygen atoms in total. The predicted molar refractivity (Wildman–Crippen MR) is 61.9 cm³/mol. The molecule has 0 aliphatic carbocycles. The van der Waals surface area contributed by atoms with Gasteiger partial charge in [0.2, 0.25) is 0 Å². The van der Waals surface area contributed by atoms with Crippen LogP contribution in [-0.2, 0) is 9.84 Å². The molecule has 0 aliphatic rings. The van der Waals surface area contributed by atoms with Gasteiger partial charge in [0.05, 0.1) is 0 Å². The number of benzene rings is 1. The molecule has 14 heavy (non-hydrogen) atoms. The summed E-state index contributed by atoms with van der Waals surface area (Å²) in [7, 11) is -2.66. The Morgan fingerprint density at radius 1 is 1.29 bits per heavy atom. The van der Waals surface area contributed by atoms with Gasteiger partial charge in [-0.1, -0.05) is 49.9 Å². The van der Waals surface area contributed by atoms with Crippen LogP contribution in [0.15, 0.2) is 36.9 Å². The lowest BCUT2D eigenvalue weighted by atomic mass is 10.2. The van der Waals surface area contributed by atoms with Crippen molar-refractivity contribution in [3.05, 3.63) is 42.5 Å². The van der Waals surface area contributed by atoms with E-state index >= 15 is 0 Å². The Balaban J connectivity index is 0.000000255. The molecule has 0 saturated heterocycles. The monoisotopic (exact) mass is 212 g/mol. The van der Waals surface area contributed by atoms with E-state index in [-0.39, 0.29) is 5.75 Å². The maximum Gasteiger partial charge on any atom is 0.147 e. The van der Waals surface area contributed by atoms with Gasteiger partial charge < -0.3 is 0 Å². The lowest BCUT2D eigenvalue weighted by Crippen LogP contribution is -1.96. The summed E-state index contributed by atoms with van der Waals surface area (Å²) >= 11 is 0. The molecule has 0 heterocycles. The summed E-state index contributed by atoms with van der Waals surface area (Å²) in [6.07, 6.45) is 3.05. The molecule has 3 heteroatoms. The van der Waals surface area contributed by atoms with Crippen LogP contribution in [0, 0.1) is 0 Å². The summed E-state index contributed by atoms with van der Waals surface area (Å²) in [5.41, 5.74) is 1.17. The highest BCUT2D eigenvalue weighted by molar-refractivity contribution is 7.90. The lowest BCUT2D eigenvalue weighted by Gasteiger charge is -1.85. The van der Waals surface area contributed by atoms with Crippen LogP contribution >= 0.6 is 0 Å². The largest absolute Gasteiger partial charge is 0.229 e. The number of hydrogen-bond acceptors (Lipinski definition) is 2. The molecule has 0 spiro atoms. The molecule has 0 saturated carbocycles. The van der Waals surface area contributed by atoms with Crippen molar-refractivity contribution >= 4 is 15.9 Å². The Kier molecular flexibility index (Phi) is 5.88. The van der Waals surface area contributed by atoms with Crippen molar-refractivity contribution in [1.29, 1.82) is 0 Å². The fourth-order valence-corrected chi connectivity index (χ4v) is 0.589. The van der Waals surface area contributed by atoms with Gasteiger partial charge in [0.25, 0.3) is 0 Å². The van der Waals surface area contributed by atoms with Gasteiger partial charge in [-0.2, -0.15) is 0 Å². The van der Waals surface area contributed by atoms with Crippen molar-refractivity contribution in [2.75, 3.05) is 12.0 Å². The van der Waals surface area contributed by atoms with Crippen molar-refractivity contribution < 1.29 is 8.42 Å². The van der Waals surface area contributed by atoms with E-state index in [1.165, 1.54) is 11.8 Å². The molecule has 0 amide bonds. The van der Waals surface area contributed by atoms with Crippen LogP contribution in [0.2, 0.25) is 0 Å². The van der Waals surface area contributed by atoms with Crippen LogP contribution in [0.25, 0.3) is 6.08 Å². The summed E-state index contributed by atoms with van der Waals surface area (Å²) in [6, 6.07) is 10.0. The third-order valence-corrected chi connectivity index (χ3v) is 2.61. The molecule has 78 valence electrons. The molecule has 0 N–H and O–H groups in total. The summed E-state index contributed by atoms with van der Waals surface area (Å²) in [6.45, 7) is 5.25. The second-order valence-electron chi connectivity index (χ2n) is 2.83. The highest BCUT2D eigenvalue weighted by atomic mass is 32.2. The van der Waals surface area contributed by atoms with Crippen molar-refractivity contribution in [3.8, 4) is 0 Å². The van der Waals surface area contributed by atoms with Crippen LogP contribution in [0.4, 0.5) is 0 Å². The molecule has 1 aromatic rings. The van der Waals surface area contributed by atoms with Gasteiger partial charge in [-0.05, 0) is 5.56 Å². The second kappa shape index (κ2) is 6.38. The number of sulfone groups is 1. The van der Waals surface area contributed by atoms with Crippen LogP contribution < -0.4 is 0 Å². The van der Waals surface area contributed by atoms with E-state index in [0.717, 1.165) is 0 Å². The first-order valence-corrected chi connectivity index (χ1v) is 6.41. The molecule has 0 aromatic heterocycles. The molecule has 0 bridgehead atoms. The Morgan fingerprint density at radius 3 is 1.93 bits per heavy atom. The Morgan fingerprint density at radius 2 is 1.71 bits per heavy atom. The second-order valence-corrected chi connectivity index (χ2v) is 5.26. The zero-order valence-corrected chi connectivity index (χ0v) is 9.42. The Bertz CT molecular complexity index is 352. The molecule has 0 fully saturated rings. The molecular weight excluding hydrogens is 196 g/mol. The first-order chi connectivity index (χ1) is 6.49. The highest BCUT2D eigenvalue weighted by Gasteiger charge is 1.90. The fraction of sp³-hybridized carbons (Fsp3) is 0.273. The Hall–Kier alpha value is -1.09. The quantitative estimate of drug-likeness (QED) is 0.754. The van der Waals surface area contributed by atoms with Gasteiger partial charge in [-0.15, -0.1) is 0 Å². The van der Waals surface area contributed by atoms with Gasteiger partial charge in [0.15, 0.2) is 0 Å². The standard InChI is InChI=1S/C8H8.C3H8O2S/c1-2-8-6-4-3-5-7-8;1-3-6(2,4)5/h2-7H,1H2;3H2,1-2H3. The van der Waals surface area contributed by atoms with E-state index in [9.17, 15) is 8.42 Å². The minimum atomic E-state index is -2.66. The van der Waals surface area contributed by atoms with Crippen LogP contribution in [0.1, 0.15) is 12.5 Å². The molecule has 0 unspecified atom stereocenters. The van der Waals surface area contributed by atoms with E-state index in [4.69, 9.17) is 0 Å². The molecular formula is C11H16O2S. The highest BCUT2D eigenvalue weighted by Crippen LogP contribution is 1.97. The van der Waals surface area contributed by atoms with E-state index in [0.29, 0.717) is 0 Å². The maximum absolute atomic E-state index is 10.0. The SMILES string of the molecule is C=Cc1ccccc1.CCS(C)(=O)=O. The molecule has 0 aliphatic heterocycles. The average Bonchev–Trinajstić information content (AvgIpc) is 2.19. The van der Waals surface area contributed by atoms with Gasteiger partial charge >= 0.3 is 0 Å². The number of hydrogen-bond donors (Lipinski definition) is 0. The van der Waals surface area contributed by atoms with Gasteiger partial charge in [-0.25, -0.2) is 8.42 Å². The normalized spacial score (nSPS) is 9.86. The van der Waals surface area contributed by atoms with Crippen LogP contribution in [0.3, 0.4) is 0 Å². The zero-order chi connectivity index (χ0) is 11.0. The molecule has 1 rings (SSSR count). The Labute approximate surface area is 86.2 Å². The fourth-order valence-electron chi connectivity index (χ4n) is 0.589. The summed E-state index contributed by atoms with van der Waals surface area (Å²) < 4.78 is 20.0. The van der Waals surface area contributed by atoms with E-state index in [1.54, 1.807) is 6.92 Å². The number of rotatable bonds is 2. The van der Waals surface area contributed by atoms with E-state index < -0.39 is 9.84 Å². The minimum absolute atomic E-state index is 0.243. The van der Waals surface area contributed by atoms with Crippen LogP contribution in [-0.4, -0.2) is 20.4 Å². The van der Waals surface area contributed by atoms with Crippen molar-refractivity contribution in [3.63, 3.8) is 0 Å². The van der Waals surface area contributed by atoms with E-state index in [1.807, 2.05) is 36.4 Å².